The first-order valence-corrected chi connectivity index (χ1v) is 5.77. The van der Waals surface area contributed by atoms with E-state index >= 15 is 0 Å². The fourth-order valence-electron chi connectivity index (χ4n) is 1.76. The molecule has 0 aromatic carbocycles. The zero-order chi connectivity index (χ0) is 12.8. The number of urea groups is 1. The van der Waals surface area contributed by atoms with Gasteiger partial charge in [-0.3, -0.25) is 14.9 Å². The van der Waals surface area contributed by atoms with Crippen molar-refractivity contribution in [1.82, 2.24) is 10.6 Å². The number of carbonyl (C=O) groups excluding carboxylic acids is 3. The third kappa shape index (κ3) is 4.05. The van der Waals surface area contributed by atoms with Crippen molar-refractivity contribution in [1.29, 1.82) is 0 Å². The summed E-state index contributed by atoms with van der Waals surface area (Å²) in [5, 5.41) is 4.31. The molecule has 0 bridgehead atoms. The monoisotopic (exact) mass is 242 g/mol. The van der Waals surface area contributed by atoms with Crippen LogP contribution in [0.25, 0.3) is 0 Å². The van der Waals surface area contributed by atoms with Gasteiger partial charge in [-0.1, -0.05) is 12.8 Å². The van der Waals surface area contributed by atoms with Crippen molar-refractivity contribution in [3.05, 3.63) is 0 Å². The van der Waals surface area contributed by atoms with Crippen LogP contribution in [0.3, 0.4) is 0 Å². The number of hydrogen-bond donors (Lipinski definition) is 2. The first kappa shape index (κ1) is 13.5. The summed E-state index contributed by atoms with van der Waals surface area (Å²) in [7, 11) is 1.40. The Morgan fingerprint density at radius 1 is 1.24 bits per heavy atom. The van der Waals surface area contributed by atoms with Gasteiger partial charge in [0.25, 0.3) is 5.91 Å². The highest BCUT2D eigenvalue weighted by Gasteiger charge is 2.27. The Balaban J connectivity index is 2.36. The van der Waals surface area contributed by atoms with Crippen LogP contribution in [-0.2, 0) is 14.3 Å². The highest BCUT2D eigenvalue weighted by Crippen LogP contribution is 2.26. The van der Waals surface area contributed by atoms with Crippen LogP contribution in [0.2, 0.25) is 0 Å². The summed E-state index contributed by atoms with van der Waals surface area (Å²) in [5.41, 5.74) is 0. The molecule has 0 heterocycles. The molecule has 0 spiro atoms. The Labute approximate surface area is 100 Å². The molecule has 1 fully saturated rings. The minimum absolute atomic E-state index is 0.0924. The molecule has 3 amide bonds. The van der Waals surface area contributed by atoms with E-state index in [1.165, 1.54) is 14.0 Å². The first-order valence-electron chi connectivity index (χ1n) is 5.77. The van der Waals surface area contributed by atoms with E-state index in [2.05, 4.69) is 10.6 Å². The summed E-state index contributed by atoms with van der Waals surface area (Å²) in [5.74, 6) is -1.05. The minimum atomic E-state index is -0.944. The molecule has 1 saturated carbocycles. The average Bonchev–Trinajstić information content (AvgIpc) is 2.82. The van der Waals surface area contributed by atoms with Crippen molar-refractivity contribution >= 4 is 17.9 Å². The summed E-state index contributed by atoms with van der Waals surface area (Å²) in [6.07, 6.45) is 2.75. The topological polar surface area (TPSA) is 84.5 Å². The van der Waals surface area contributed by atoms with Crippen LogP contribution in [0, 0.1) is 5.92 Å². The SMILES string of the molecule is CNC(=O)NC(=O)[C@H](C)OC(=O)C1CCCC1. The molecule has 96 valence electrons. The number of nitrogens with one attached hydrogen (secondary N) is 2. The average molecular weight is 242 g/mol. The number of rotatable bonds is 3. The lowest BCUT2D eigenvalue weighted by Crippen LogP contribution is -2.43. The van der Waals surface area contributed by atoms with Gasteiger partial charge in [0.2, 0.25) is 0 Å². The van der Waals surface area contributed by atoms with Crippen LogP contribution in [0.15, 0.2) is 0 Å². The molecule has 1 rings (SSSR count). The first-order chi connectivity index (χ1) is 8.04. The number of carbonyl (C=O) groups is 3. The Hall–Kier alpha value is -1.59. The molecule has 2 N–H and O–H groups in total. The highest BCUT2D eigenvalue weighted by atomic mass is 16.5. The molecule has 6 nitrogen and oxygen atoms in total. The summed E-state index contributed by atoms with van der Waals surface area (Å²) >= 11 is 0. The number of ether oxygens (including phenoxy) is 1. The molecule has 0 saturated heterocycles. The summed E-state index contributed by atoms with van der Waals surface area (Å²) in [6, 6.07) is -0.612. The van der Waals surface area contributed by atoms with Gasteiger partial charge in [0, 0.05) is 7.05 Å². The van der Waals surface area contributed by atoms with Gasteiger partial charge in [-0.05, 0) is 19.8 Å². The lowest BCUT2D eigenvalue weighted by molar-refractivity contribution is -0.158. The van der Waals surface area contributed by atoms with E-state index in [1.54, 1.807) is 0 Å². The lowest BCUT2D eigenvalue weighted by Gasteiger charge is -2.15. The second kappa shape index (κ2) is 6.22. The van der Waals surface area contributed by atoms with Gasteiger partial charge in [-0.25, -0.2) is 4.79 Å². The second-order valence-electron chi connectivity index (χ2n) is 4.13. The van der Waals surface area contributed by atoms with Crippen LogP contribution >= 0.6 is 0 Å². The van der Waals surface area contributed by atoms with Crippen LogP contribution in [0.5, 0.6) is 0 Å². The van der Waals surface area contributed by atoms with Gasteiger partial charge < -0.3 is 10.1 Å². The molecule has 0 aliphatic heterocycles. The molecule has 1 aliphatic rings. The van der Waals surface area contributed by atoms with Crippen molar-refractivity contribution in [2.45, 2.75) is 38.7 Å². The normalized spacial score (nSPS) is 17.3. The lowest BCUT2D eigenvalue weighted by atomic mass is 10.1. The molecular formula is C11H18N2O4. The Morgan fingerprint density at radius 2 is 1.82 bits per heavy atom. The summed E-state index contributed by atoms with van der Waals surface area (Å²) < 4.78 is 5.01. The maximum absolute atomic E-state index is 11.6. The van der Waals surface area contributed by atoms with E-state index in [4.69, 9.17) is 4.74 Å². The fourth-order valence-corrected chi connectivity index (χ4v) is 1.76. The predicted molar refractivity (Wildman–Crippen MR) is 60.1 cm³/mol. The van der Waals surface area contributed by atoms with E-state index in [0.29, 0.717) is 0 Å². The Bertz CT molecular complexity index is 311. The highest BCUT2D eigenvalue weighted by molar-refractivity contribution is 5.97. The van der Waals surface area contributed by atoms with E-state index in [-0.39, 0.29) is 11.9 Å². The maximum atomic E-state index is 11.6. The van der Waals surface area contributed by atoms with Crippen molar-refractivity contribution < 1.29 is 19.1 Å². The number of amides is 3. The fraction of sp³-hybridized carbons (Fsp3) is 0.727. The molecule has 6 heteroatoms. The zero-order valence-corrected chi connectivity index (χ0v) is 10.1. The predicted octanol–water partition coefficient (Wildman–Crippen LogP) is 0.564. The van der Waals surface area contributed by atoms with Gasteiger partial charge in [0.1, 0.15) is 0 Å². The van der Waals surface area contributed by atoms with Crippen molar-refractivity contribution in [3.8, 4) is 0 Å². The van der Waals surface area contributed by atoms with E-state index in [1.807, 2.05) is 0 Å². The Kier molecular flexibility index (Phi) is 4.93. The van der Waals surface area contributed by atoms with Gasteiger partial charge >= 0.3 is 12.0 Å². The van der Waals surface area contributed by atoms with Gasteiger partial charge in [-0.15, -0.1) is 0 Å². The van der Waals surface area contributed by atoms with E-state index < -0.39 is 18.0 Å². The molecule has 17 heavy (non-hydrogen) atoms. The van der Waals surface area contributed by atoms with E-state index in [9.17, 15) is 14.4 Å². The molecule has 0 aromatic heterocycles. The van der Waals surface area contributed by atoms with Crippen LogP contribution in [-0.4, -0.2) is 31.1 Å². The summed E-state index contributed by atoms with van der Waals surface area (Å²) in [4.78, 5) is 33.9. The second-order valence-corrected chi connectivity index (χ2v) is 4.13. The number of hydrogen-bond acceptors (Lipinski definition) is 4. The quantitative estimate of drug-likeness (QED) is 0.708. The van der Waals surface area contributed by atoms with Crippen LogP contribution in [0.1, 0.15) is 32.6 Å². The van der Waals surface area contributed by atoms with Crippen LogP contribution < -0.4 is 10.6 Å². The van der Waals surface area contributed by atoms with Gasteiger partial charge in [0.15, 0.2) is 6.10 Å². The van der Waals surface area contributed by atoms with Crippen LogP contribution in [0.4, 0.5) is 4.79 Å². The van der Waals surface area contributed by atoms with Gasteiger partial charge in [-0.2, -0.15) is 0 Å². The number of esters is 1. The van der Waals surface area contributed by atoms with Crippen molar-refractivity contribution in [3.63, 3.8) is 0 Å². The Morgan fingerprint density at radius 3 is 2.35 bits per heavy atom. The van der Waals surface area contributed by atoms with Crippen molar-refractivity contribution in [2.75, 3.05) is 7.05 Å². The molecule has 0 radical (unpaired) electrons. The third-order valence-corrected chi connectivity index (χ3v) is 2.81. The molecule has 1 aliphatic carbocycles. The van der Waals surface area contributed by atoms with Crippen molar-refractivity contribution in [2.24, 2.45) is 5.92 Å². The molecular weight excluding hydrogens is 224 g/mol. The van der Waals surface area contributed by atoms with Gasteiger partial charge in [0.05, 0.1) is 5.92 Å². The zero-order valence-electron chi connectivity index (χ0n) is 10.1. The summed E-state index contributed by atoms with van der Waals surface area (Å²) in [6.45, 7) is 1.45. The number of imide groups is 1. The third-order valence-electron chi connectivity index (χ3n) is 2.81. The molecule has 1 atom stereocenters. The van der Waals surface area contributed by atoms with E-state index in [0.717, 1.165) is 25.7 Å². The largest absolute Gasteiger partial charge is 0.452 e. The molecule has 0 aromatic rings. The smallest absolute Gasteiger partial charge is 0.321 e. The maximum Gasteiger partial charge on any atom is 0.321 e. The minimum Gasteiger partial charge on any atom is -0.452 e. The molecule has 0 unspecified atom stereocenters. The standard InChI is InChI=1S/C11H18N2O4/c1-7(9(14)13-11(16)12-2)17-10(15)8-5-3-4-6-8/h7-8H,3-6H2,1-2H3,(H2,12,13,14,16)/t7-/m0/s1.